The number of hydrogen-bond acceptors (Lipinski definition) is 2. The average Bonchev–Trinajstić information content (AvgIpc) is 2.85. The van der Waals surface area contributed by atoms with Crippen molar-refractivity contribution >= 4 is 5.91 Å². The second-order valence-electron chi connectivity index (χ2n) is 5.40. The van der Waals surface area contributed by atoms with Gasteiger partial charge in [0, 0.05) is 18.0 Å². The van der Waals surface area contributed by atoms with E-state index in [1.165, 1.54) is 0 Å². The molecule has 1 amide bonds. The zero-order valence-electron chi connectivity index (χ0n) is 9.51. The Morgan fingerprint density at radius 1 is 1.12 bits per heavy atom. The predicted octanol–water partition coefficient (Wildman–Crippen LogP) is 1.47. The van der Waals surface area contributed by atoms with Crippen molar-refractivity contribution in [3.05, 3.63) is 12.2 Å². The number of allylic oxidation sites excluding steroid dienone is 2. The topological polar surface area (TPSA) is 40.5 Å². The first-order valence-electron chi connectivity index (χ1n) is 6.41. The number of nitrogens with zero attached hydrogens (tertiary/aromatic N) is 1. The summed E-state index contributed by atoms with van der Waals surface area (Å²) in [5, 5.41) is 9.70. The lowest BCUT2D eigenvalue weighted by atomic mass is 9.96. The van der Waals surface area contributed by atoms with Crippen LogP contribution in [-0.4, -0.2) is 34.1 Å². The van der Waals surface area contributed by atoms with Crippen molar-refractivity contribution in [3.63, 3.8) is 0 Å². The molecule has 88 valence electrons. The van der Waals surface area contributed by atoms with Gasteiger partial charge < -0.3 is 10.0 Å². The molecule has 0 aromatic rings. The summed E-state index contributed by atoms with van der Waals surface area (Å²) in [6.45, 7) is 0. The first-order chi connectivity index (χ1) is 7.75. The highest BCUT2D eigenvalue weighted by atomic mass is 16.3. The first-order valence-corrected chi connectivity index (χ1v) is 6.41. The maximum absolute atomic E-state index is 12.4. The Morgan fingerprint density at radius 3 is 2.25 bits per heavy atom. The molecule has 0 aromatic carbocycles. The van der Waals surface area contributed by atoms with E-state index in [1.807, 2.05) is 0 Å². The van der Waals surface area contributed by atoms with E-state index in [-0.39, 0.29) is 12.0 Å². The summed E-state index contributed by atoms with van der Waals surface area (Å²) < 4.78 is 0. The third-order valence-electron chi connectivity index (χ3n) is 4.32. The molecular weight excluding hydrogens is 202 g/mol. The highest BCUT2D eigenvalue weighted by Crippen LogP contribution is 2.38. The molecule has 2 saturated heterocycles. The molecule has 0 spiro atoms. The number of carbonyl (C=O) groups excluding carboxylic acids is 1. The number of aliphatic hydroxyl groups is 1. The summed E-state index contributed by atoms with van der Waals surface area (Å²) in [6, 6.07) is 0.642. The van der Waals surface area contributed by atoms with Crippen LogP contribution in [-0.2, 0) is 4.79 Å². The highest BCUT2D eigenvalue weighted by Gasteiger charge is 2.44. The monoisotopic (exact) mass is 221 g/mol. The lowest BCUT2D eigenvalue weighted by Crippen LogP contribution is -2.49. The third-order valence-corrected chi connectivity index (χ3v) is 4.32. The highest BCUT2D eigenvalue weighted by molar-refractivity contribution is 5.80. The molecule has 3 rings (SSSR count). The van der Waals surface area contributed by atoms with Crippen molar-refractivity contribution in [2.45, 2.75) is 56.7 Å². The molecular formula is C13H19NO2. The number of fused-ring (bicyclic) bond motifs is 2. The van der Waals surface area contributed by atoms with Gasteiger partial charge in [-0.05, 0) is 38.5 Å². The van der Waals surface area contributed by atoms with Gasteiger partial charge in [-0.15, -0.1) is 0 Å². The lowest BCUT2D eigenvalue weighted by Gasteiger charge is -2.38. The Kier molecular flexibility index (Phi) is 2.51. The Balaban J connectivity index is 1.73. The molecule has 0 radical (unpaired) electrons. The minimum atomic E-state index is -0.178. The summed E-state index contributed by atoms with van der Waals surface area (Å²) in [7, 11) is 0. The number of amides is 1. The van der Waals surface area contributed by atoms with Crippen molar-refractivity contribution in [1.82, 2.24) is 4.90 Å². The second-order valence-corrected chi connectivity index (χ2v) is 5.40. The van der Waals surface area contributed by atoms with Crippen LogP contribution >= 0.6 is 0 Å². The van der Waals surface area contributed by atoms with Crippen LogP contribution in [0.4, 0.5) is 0 Å². The van der Waals surface area contributed by atoms with Gasteiger partial charge in [-0.25, -0.2) is 0 Å². The predicted molar refractivity (Wildman–Crippen MR) is 60.8 cm³/mol. The van der Waals surface area contributed by atoms with Gasteiger partial charge in [0.05, 0.1) is 6.10 Å². The zero-order valence-corrected chi connectivity index (χ0v) is 9.51. The summed E-state index contributed by atoms with van der Waals surface area (Å²) in [6.07, 6.45) is 9.65. The van der Waals surface area contributed by atoms with Gasteiger partial charge in [0.2, 0.25) is 5.91 Å². The van der Waals surface area contributed by atoms with Gasteiger partial charge in [-0.2, -0.15) is 0 Å². The van der Waals surface area contributed by atoms with E-state index in [1.54, 1.807) is 0 Å². The fraction of sp³-hybridized carbons (Fsp3) is 0.769. The number of carbonyl (C=O) groups is 1. The molecule has 2 bridgehead atoms. The van der Waals surface area contributed by atoms with Crippen molar-refractivity contribution < 1.29 is 9.90 Å². The van der Waals surface area contributed by atoms with E-state index in [4.69, 9.17) is 0 Å². The molecule has 3 aliphatic rings. The van der Waals surface area contributed by atoms with E-state index in [0.29, 0.717) is 18.0 Å². The van der Waals surface area contributed by atoms with Crippen molar-refractivity contribution in [1.29, 1.82) is 0 Å². The Morgan fingerprint density at radius 2 is 1.69 bits per heavy atom. The maximum atomic E-state index is 12.4. The Bertz CT molecular complexity index is 304. The van der Waals surface area contributed by atoms with Gasteiger partial charge >= 0.3 is 0 Å². The molecule has 1 aliphatic carbocycles. The van der Waals surface area contributed by atoms with Crippen LogP contribution in [0.1, 0.15) is 38.5 Å². The maximum Gasteiger partial charge on any atom is 0.226 e. The van der Waals surface area contributed by atoms with Crippen molar-refractivity contribution in [2.24, 2.45) is 5.92 Å². The normalized spacial score (nSPS) is 38.3. The molecule has 16 heavy (non-hydrogen) atoms. The van der Waals surface area contributed by atoms with Crippen LogP contribution in [0.15, 0.2) is 12.2 Å². The fourth-order valence-electron chi connectivity index (χ4n) is 3.54. The summed E-state index contributed by atoms with van der Waals surface area (Å²) in [5.41, 5.74) is 0. The van der Waals surface area contributed by atoms with E-state index >= 15 is 0 Å². The van der Waals surface area contributed by atoms with E-state index in [0.717, 1.165) is 38.5 Å². The molecule has 2 unspecified atom stereocenters. The van der Waals surface area contributed by atoms with Crippen molar-refractivity contribution in [2.75, 3.05) is 0 Å². The number of hydrogen-bond donors (Lipinski definition) is 1. The molecule has 0 aromatic heterocycles. The van der Waals surface area contributed by atoms with E-state index in [9.17, 15) is 9.90 Å². The average molecular weight is 221 g/mol. The standard InChI is InChI=1S/C13H19NO2/c15-12-7-10-5-6-11(8-12)14(10)13(16)9-3-1-2-4-9/h1-2,9-12,15H,3-8H2. The number of rotatable bonds is 1. The molecule has 3 nitrogen and oxygen atoms in total. The largest absolute Gasteiger partial charge is 0.393 e. The third kappa shape index (κ3) is 1.58. The Hall–Kier alpha value is -0.830. The second kappa shape index (κ2) is 3.88. The molecule has 1 N–H and O–H groups in total. The zero-order chi connectivity index (χ0) is 11.1. The Labute approximate surface area is 96.1 Å². The van der Waals surface area contributed by atoms with Crippen LogP contribution in [0.25, 0.3) is 0 Å². The van der Waals surface area contributed by atoms with Crippen LogP contribution in [0.5, 0.6) is 0 Å². The van der Waals surface area contributed by atoms with Crippen LogP contribution in [0, 0.1) is 5.92 Å². The molecule has 2 fully saturated rings. The number of piperidine rings is 1. The number of aliphatic hydroxyl groups excluding tert-OH is 1. The quantitative estimate of drug-likeness (QED) is 0.681. The van der Waals surface area contributed by atoms with Crippen LogP contribution in [0.2, 0.25) is 0 Å². The van der Waals surface area contributed by atoms with Crippen LogP contribution < -0.4 is 0 Å². The molecule has 3 heteroatoms. The molecule has 0 saturated carbocycles. The molecule has 2 heterocycles. The van der Waals surface area contributed by atoms with Crippen LogP contribution in [0.3, 0.4) is 0 Å². The fourth-order valence-corrected chi connectivity index (χ4v) is 3.54. The van der Waals surface area contributed by atoms with Gasteiger partial charge in [0.15, 0.2) is 0 Å². The summed E-state index contributed by atoms with van der Waals surface area (Å²) >= 11 is 0. The van der Waals surface area contributed by atoms with Gasteiger partial charge in [-0.3, -0.25) is 4.79 Å². The minimum absolute atomic E-state index is 0.178. The summed E-state index contributed by atoms with van der Waals surface area (Å²) in [4.78, 5) is 14.5. The SMILES string of the molecule is O=C(C1CC=CC1)N1C2CCC1CC(O)C2. The molecule has 2 atom stereocenters. The van der Waals surface area contributed by atoms with Gasteiger partial charge in [-0.1, -0.05) is 12.2 Å². The van der Waals surface area contributed by atoms with E-state index < -0.39 is 0 Å². The van der Waals surface area contributed by atoms with Crippen molar-refractivity contribution in [3.8, 4) is 0 Å². The smallest absolute Gasteiger partial charge is 0.226 e. The minimum Gasteiger partial charge on any atom is -0.393 e. The van der Waals surface area contributed by atoms with Gasteiger partial charge in [0.25, 0.3) is 0 Å². The lowest BCUT2D eigenvalue weighted by molar-refractivity contribution is -0.141. The molecule has 2 aliphatic heterocycles. The summed E-state index contributed by atoms with van der Waals surface area (Å²) in [5.74, 6) is 0.530. The van der Waals surface area contributed by atoms with E-state index in [2.05, 4.69) is 17.1 Å². The van der Waals surface area contributed by atoms with Gasteiger partial charge in [0.1, 0.15) is 0 Å². The first kappa shape index (κ1) is 10.3.